The number of methoxy groups -OCH3 is 2. The lowest BCUT2D eigenvalue weighted by Crippen LogP contribution is -2.29. The Balaban J connectivity index is 1.97. The number of carbonyl (C=O) groups excluding carboxylic acids is 2. The average Bonchev–Trinajstić information content (AvgIpc) is 3.28. The van der Waals surface area contributed by atoms with Crippen molar-refractivity contribution in [2.24, 2.45) is 0 Å². The zero-order valence-corrected chi connectivity index (χ0v) is 19.8. The number of carbonyl (C=O) groups is 2. The molecule has 1 aliphatic heterocycles. The van der Waals surface area contributed by atoms with Gasteiger partial charge in [0.05, 0.1) is 31.5 Å². The van der Waals surface area contributed by atoms with Crippen molar-refractivity contribution in [2.45, 2.75) is 26.8 Å². The van der Waals surface area contributed by atoms with Crippen LogP contribution in [-0.2, 0) is 9.59 Å². The van der Waals surface area contributed by atoms with Crippen LogP contribution < -0.4 is 14.4 Å². The number of ether oxygens (including phenoxy) is 2. The standard InChI is InChI=1S/C25H24N2O5S/c1-13-6-8-16(9-7-13)22(28)20-21(17-10-11-18(31-4)19(12-17)32-5)27(24(30)23(20)29)25-26-14(2)15(3)33-25/h6-12,21,28H,1-5H3/b22-20+/t21-/m1/s1. The smallest absolute Gasteiger partial charge is 0.301 e. The van der Waals surface area contributed by atoms with E-state index in [1.807, 2.05) is 32.9 Å². The molecular formula is C25H24N2O5S. The van der Waals surface area contributed by atoms with Crippen molar-refractivity contribution in [3.8, 4) is 11.5 Å². The summed E-state index contributed by atoms with van der Waals surface area (Å²) in [6.07, 6.45) is 0. The van der Waals surface area contributed by atoms with E-state index in [4.69, 9.17) is 9.47 Å². The lowest BCUT2D eigenvalue weighted by atomic mass is 9.95. The van der Waals surface area contributed by atoms with E-state index < -0.39 is 17.7 Å². The highest BCUT2D eigenvalue weighted by Crippen LogP contribution is 2.45. The third kappa shape index (κ3) is 3.87. The van der Waals surface area contributed by atoms with Gasteiger partial charge in [0.1, 0.15) is 5.76 Å². The van der Waals surface area contributed by atoms with Crippen LogP contribution in [0.15, 0.2) is 48.0 Å². The Labute approximate surface area is 195 Å². The Bertz CT molecular complexity index is 1260. The molecule has 0 aliphatic carbocycles. The maximum atomic E-state index is 13.2. The van der Waals surface area contributed by atoms with E-state index in [0.717, 1.165) is 16.1 Å². The first-order chi connectivity index (χ1) is 15.8. The first-order valence-corrected chi connectivity index (χ1v) is 11.1. The molecule has 33 heavy (non-hydrogen) atoms. The van der Waals surface area contributed by atoms with Crippen LogP contribution in [0.4, 0.5) is 5.13 Å². The van der Waals surface area contributed by atoms with Gasteiger partial charge in [-0.25, -0.2) is 4.98 Å². The third-order valence-electron chi connectivity index (χ3n) is 5.72. The molecule has 4 rings (SSSR count). The number of aliphatic hydroxyl groups excluding tert-OH is 1. The summed E-state index contributed by atoms with van der Waals surface area (Å²) in [5.41, 5.74) is 2.84. The number of Topliss-reactive ketones (excluding diaryl/α,β-unsaturated/α-hetero) is 1. The Kier molecular flexibility index (Phi) is 5.95. The van der Waals surface area contributed by atoms with Gasteiger partial charge >= 0.3 is 5.91 Å². The number of amides is 1. The van der Waals surface area contributed by atoms with Crippen LogP contribution in [0.5, 0.6) is 11.5 Å². The molecule has 7 nitrogen and oxygen atoms in total. The summed E-state index contributed by atoms with van der Waals surface area (Å²) in [6, 6.07) is 11.4. The fourth-order valence-corrected chi connectivity index (χ4v) is 4.73. The number of aryl methyl sites for hydroxylation is 3. The summed E-state index contributed by atoms with van der Waals surface area (Å²) in [5, 5.41) is 11.6. The SMILES string of the molecule is COc1ccc([C@@H]2/C(=C(\O)c3ccc(C)cc3)C(=O)C(=O)N2c2nc(C)c(C)s2)cc1OC. The van der Waals surface area contributed by atoms with Crippen molar-refractivity contribution in [3.63, 3.8) is 0 Å². The summed E-state index contributed by atoms with van der Waals surface area (Å²) in [7, 11) is 3.04. The number of ketones is 1. The third-order valence-corrected chi connectivity index (χ3v) is 6.79. The quantitative estimate of drug-likeness (QED) is 0.334. The zero-order chi connectivity index (χ0) is 23.9. The Morgan fingerprint density at radius 3 is 2.24 bits per heavy atom. The number of benzene rings is 2. The van der Waals surface area contributed by atoms with E-state index >= 15 is 0 Å². The van der Waals surface area contributed by atoms with Crippen LogP contribution in [0.1, 0.15) is 33.3 Å². The maximum absolute atomic E-state index is 13.2. The molecule has 0 spiro atoms. The molecule has 0 saturated carbocycles. The molecule has 1 N–H and O–H groups in total. The van der Waals surface area contributed by atoms with Crippen molar-refractivity contribution >= 4 is 33.9 Å². The largest absolute Gasteiger partial charge is 0.507 e. The minimum Gasteiger partial charge on any atom is -0.507 e. The second-order valence-electron chi connectivity index (χ2n) is 7.79. The van der Waals surface area contributed by atoms with Crippen molar-refractivity contribution in [2.75, 3.05) is 19.1 Å². The molecule has 1 aliphatic rings. The molecule has 1 saturated heterocycles. The van der Waals surface area contributed by atoms with E-state index in [1.54, 1.807) is 30.3 Å². The fourth-order valence-electron chi connectivity index (χ4n) is 3.79. The van der Waals surface area contributed by atoms with Crippen LogP contribution in [0, 0.1) is 20.8 Å². The van der Waals surface area contributed by atoms with Crippen LogP contribution in [-0.4, -0.2) is 36.0 Å². The van der Waals surface area contributed by atoms with Crippen LogP contribution in [0.3, 0.4) is 0 Å². The van der Waals surface area contributed by atoms with E-state index in [9.17, 15) is 14.7 Å². The summed E-state index contributed by atoms with van der Waals surface area (Å²) in [6.45, 7) is 5.69. The number of aromatic nitrogens is 1. The Morgan fingerprint density at radius 1 is 1.00 bits per heavy atom. The predicted molar refractivity (Wildman–Crippen MR) is 127 cm³/mol. The highest BCUT2D eigenvalue weighted by molar-refractivity contribution is 7.16. The van der Waals surface area contributed by atoms with Crippen molar-refractivity contribution < 1.29 is 24.2 Å². The molecule has 1 aromatic heterocycles. The average molecular weight is 465 g/mol. The molecule has 1 amide bonds. The number of anilines is 1. The maximum Gasteiger partial charge on any atom is 0.301 e. The molecule has 0 bridgehead atoms. The molecule has 170 valence electrons. The van der Waals surface area contributed by atoms with Gasteiger partial charge in [-0.1, -0.05) is 35.9 Å². The molecule has 0 radical (unpaired) electrons. The molecule has 2 heterocycles. The van der Waals surface area contributed by atoms with Gasteiger partial charge in [-0.2, -0.15) is 0 Å². The number of thiazole rings is 1. The van der Waals surface area contributed by atoms with Gasteiger partial charge in [0.2, 0.25) is 0 Å². The molecule has 3 aromatic rings. The van der Waals surface area contributed by atoms with Crippen molar-refractivity contribution in [1.82, 2.24) is 4.98 Å². The van der Waals surface area contributed by atoms with Gasteiger partial charge in [-0.05, 0) is 38.5 Å². The summed E-state index contributed by atoms with van der Waals surface area (Å²) < 4.78 is 10.8. The number of hydrogen-bond donors (Lipinski definition) is 1. The summed E-state index contributed by atoms with van der Waals surface area (Å²) >= 11 is 1.33. The van der Waals surface area contributed by atoms with Gasteiger partial charge in [0.15, 0.2) is 16.6 Å². The minimum absolute atomic E-state index is 0.00146. The zero-order valence-electron chi connectivity index (χ0n) is 19.0. The number of aliphatic hydroxyl groups is 1. The molecule has 1 fully saturated rings. The fraction of sp³-hybridized carbons (Fsp3) is 0.240. The first kappa shape index (κ1) is 22.5. The minimum atomic E-state index is -0.879. The van der Waals surface area contributed by atoms with Gasteiger partial charge in [-0.3, -0.25) is 14.5 Å². The molecule has 1 atom stereocenters. The molecule has 0 unspecified atom stereocenters. The lowest BCUT2D eigenvalue weighted by Gasteiger charge is -2.23. The molecular weight excluding hydrogens is 440 g/mol. The topological polar surface area (TPSA) is 89.0 Å². The second-order valence-corrected chi connectivity index (χ2v) is 8.97. The number of nitrogens with zero attached hydrogens (tertiary/aromatic N) is 2. The van der Waals surface area contributed by atoms with E-state index in [2.05, 4.69) is 4.98 Å². The van der Waals surface area contributed by atoms with Gasteiger partial charge in [0, 0.05) is 10.4 Å². The summed E-state index contributed by atoms with van der Waals surface area (Å²) in [5.74, 6) is -0.781. The van der Waals surface area contributed by atoms with Gasteiger partial charge in [0.25, 0.3) is 5.78 Å². The number of hydrogen-bond acceptors (Lipinski definition) is 7. The van der Waals surface area contributed by atoms with Crippen LogP contribution >= 0.6 is 11.3 Å². The monoisotopic (exact) mass is 464 g/mol. The second kappa shape index (κ2) is 8.71. The normalized spacial score (nSPS) is 17.5. The summed E-state index contributed by atoms with van der Waals surface area (Å²) in [4.78, 5) is 33.3. The van der Waals surface area contributed by atoms with Crippen LogP contribution in [0.25, 0.3) is 5.76 Å². The predicted octanol–water partition coefficient (Wildman–Crippen LogP) is 4.71. The van der Waals surface area contributed by atoms with Crippen molar-refractivity contribution in [3.05, 3.63) is 75.3 Å². The highest BCUT2D eigenvalue weighted by atomic mass is 32.1. The lowest BCUT2D eigenvalue weighted by molar-refractivity contribution is -0.132. The van der Waals surface area contributed by atoms with Crippen molar-refractivity contribution in [1.29, 1.82) is 0 Å². The van der Waals surface area contributed by atoms with E-state index in [1.165, 1.54) is 30.5 Å². The Morgan fingerprint density at radius 2 is 1.67 bits per heavy atom. The Hall–Kier alpha value is -3.65. The molecule has 8 heteroatoms. The molecule has 2 aromatic carbocycles. The van der Waals surface area contributed by atoms with Gasteiger partial charge < -0.3 is 14.6 Å². The van der Waals surface area contributed by atoms with E-state index in [-0.39, 0.29) is 11.3 Å². The first-order valence-electron chi connectivity index (χ1n) is 10.3. The van der Waals surface area contributed by atoms with Crippen LogP contribution in [0.2, 0.25) is 0 Å². The highest BCUT2D eigenvalue weighted by Gasteiger charge is 2.48. The number of rotatable bonds is 5. The van der Waals surface area contributed by atoms with E-state index in [0.29, 0.717) is 27.8 Å². The van der Waals surface area contributed by atoms with Gasteiger partial charge in [-0.15, -0.1) is 11.3 Å².